The van der Waals surface area contributed by atoms with Crippen molar-refractivity contribution in [1.29, 1.82) is 0 Å². The lowest BCUT2D eigenvalue weighted by atomic mass is 9.93. The van der Waals surface area contributed by atoms with Crippen molar-refractivity contribution in [2.24, 2.45) is 5.73 Å². The zero-order valence-electron chi connectivity index (χ0n) is 10.5. The summed E-state index contributed by atoms with van der Waals surface area (Å²) in [6, 6.07) is 4.64. The van der Waals surface area contributed by atoms with Crippen LogP contribution in [0.15, 0.2) is 18.2 Å². The highest BCUT2D eigenvalue weighted by Gasteiger charge is 2.24. The molecule has 1 aliphatic carbocycles. The fraction of sp³-hybridized carbons (Fsp3) is 0.538. The maximum absolute atomic E-state index is 11.0. The SMILES string of the molecule is NC1CCCCC1OCc1c(Cl)cccc1[N+](=O)[O-]. The summed E-state index contributed by atoms with van der Waals surface area (Å²) in [7, 11) is 0. The molecular weight excluding hydrogens is 268 g/mol. The highest BCUT2D eigenvalue weighted by molar-refractivity contribution is 6.31. The van der Waals surface area contributed by atoms with Crippen LogP contribution in [0.1, 0.15) is 31.2 Å². The summed E-state index contributed by atoms with van der Waals surface area (Å²) in [5.41, 5.74) is 6.41. The molecule has 0 aliphatic heterocycles. The molecule has 0 heterocycles. The van der Waals surface area contributed by atoms with Gasteiger partial charge in [-0.2, -0.15) is 0 Å². The van der Waals surface area contributed by atoms with E-state index in [2.05, 4.69) is 0 Å². The number of nitro groups is 1. The van der Waals surface area contributed by atoms with Gasteiger partial charge in [0.2, 0.25) is 0 Å². The molecule has 0 saturated heterocycles. The van der Waals surface area contributed by atoms with Crippen LogP contribution in [0.2, 0.25) is 5.02 Å². The molecule has 2 unspecified atom stereocenters. The molecule has 1 fully saturated rings. The van der Waals surface area contributed by atoms with Gasteiger partial charge in [-0.1, -0.05) is 30.5 Å². The van der Waals surface area contributed by atoms with E-state index in [0.29, 0.717) is 10.6 Å². The van der Waals surface area contributed by atoms with Gasteiger partial charge in [0, 0.05) is 12.1 Å². The van der Waals surface area contributed by atoms with Crippen molar-refractivity contribution < 1.29 is 9.66 Å². The largest absolute Gasteiger partial charge is 0.372 e. The average molecular weight is 285 g/mol. The monoisotopic (exact) mass is 284 g/mol. The molecule has 1 aromatic rings. The minimum absolute atomic E-state index is 0.00289. The summed E-state index contributed by atoms with van der Waals surface area (Å²) in [5, 5.41) is 11.3. The number of hydrogen-bond donors (Lipinski definition) is 1. The summed E-state index contributed by atoms with van der Waals surface area (Å²) >= 11 is 6.01. The quantitative estimate of drug-likeness (QED) is 0.681. The zero-order chi connectivity index (χ0) is 13.8. The molecule has 6 heteroatoms. The standard InChI is InChI=1S/C13H17ClN2O3/c14-10-4-3-6-12(16(17)18)9(10)8-19-13-7-2-1-5-11(13)15/h3-4,6,11,13H,1-2,5,7-8,15H2. The van der Waals surface area contributed by atoms with Crippen molar-refractivity contribution in [1.82, 2.24) is 0 Å². The number of nitrogens with zero attached hydrogens (tertiary/aromatic N) is 1. The van der Waals surface area contributed by atoms with Gasteiger partial charge < -0.3 is 10.5 Å². The molecule has 0 spiro atoms. The number of rotatable bonds is 4. The van der Waals surface area contributed by atoms with Gasteiger partial charge in [-0.05, 0) is 18.9 Å². The van der Waals surface area contributed by atoms with Crippen molar-refractivity contribution in [2.45, 2.75) is 44.4 Å². The number of ether oxygens (including phenoxy) is 1. The highest BCUT2D eigenvalue weighted by Crippen LogP contribution is 2.28. The molecule has 0 amide bonds. The van der Waals surface area contributed by atoms with Gasteiger partial charge in [-0.3, -0.25) is 10.1 Å². The van der Waals surface area contributed by atoms with E-state index in [1.807, 2.05) is 0 Å². The van der Waals surface area contributed by atoms with Gasteiger partial charge in [-0.25, -0.2) is 0 Å². The first-order valence-electron chi connectivity index (χ1n) is 6.38. The van der Waals surface area contributed by atoms with Crippen molar-refractivity contribution in [3.05, 3.63) is 38.9 Å². The lowest BCUT2D eigenvalue weighted by Gasteiger charge is -2.28. The Morgan fingerprint density at radius 1 is 1.42 bits per heavy atom. The van der Waals surface area contributed by atoms with E-state index in [1.54, 1.807) is 12.1 Å². The lowest BCUT2D eigenvalue weighted by molar-refractivity contribution is -0.386. The molecule has 5 nitrogen and oxygen atoms in total. The Morgan fingerprint density at radius 2 is 2.16 bits per heavy atom. The fourth-order valence-electron chi connectivity index (χ4n) is 2.38. The molecule has 2 atom stereocenters. The van der Waals surface area contributed by atoms with Crippen LogP contribution >= 0.6 is 11.6 Å². The van der Waals surface area contributed by atoms with Crippen molar-refractivity contribution in [3.63, 3.8) is 0 Å². The maximum atomic E-state index is 11.0. The molecule has 1 saturated carbocycles. The average Bonchev–Trinajstić information content (AvgIpc) is 2.38. The summed E-state index contributed by atoms with van der Waals surface area (Å²) in [6.45, 7) is 0.133. The smallest absolute Gasteiger partial charge is 0.276 e. The van der Waals surface area contributed by atoms with Gasteiger partial charge in [0.15, 0.2) is 0 Å². The Bertz CT molecular complexity index is 467. The van der Waals surface area contributed by atoms with Gasteiger partial charge in [0.25, 0.3) is 5.69 Å². The Labute approximate surface area is 116 Å². The lowest BCUT2D eigenvalue weighted by Crippen LogP contribution is -2.39. The van der Waals surface area contributed by atoms with Crippen LogP contribution in [0, 0.1) is 10.1 Å². The highest BCUT2D eigenvalue weighted by atomic mass is 35.5. The molecule has 2 rings (SSSR count). The molecular formula is C13H17ClN2O3. The minimum Gasteiger partial charge on any atom is -0.372 e. The third-order valence-electron chi connectivity index (χ3n) is 3.49. The zero-order valence-corrected chi connectivity index (χ0v) is 11.3. The number of halogens is 1. The predicted molar refractivity (Wildman–Crippen MR) is 73.1 cm³/mol. The normalized spacial score (nSPS) is 23.3. The minimum atomic E-state index is -0.439. The molecule has 19 heavy (non-hydrogen) atoms. The van der Waals surface area contributed by atoms with E-state index in [9.17, 15) is 10.1 Å². The maximum Gasteiger partial charge on any atom is 0.276 e. The third-order valence-corrected chi connectivity index (χ3v) is 3.84. The van der Waals surface area contributed by atoms with Gasteiger partial charge >= 0.3 is 0 Å². The topological polar surface area (TPSA) is 78.4 Å². The summed E-state index contributed by atoms with van der Waals surface area (Å²) in [6.07, 6.45) is 4.01. The van der Waals surface area contributed by atoms with Crippen LogP contribution in [0.3, 0.4) is 0 Å². The molecule has 0 radical (unpaired) electrons. The number of benzene rings is 1. The van der Waals surface area contributed by atoms with E-state index in [0.717, 1.165) is 25.7 Å². The molecule has 2 N–H and O–H groups in total. The van der Waals surface area contributed by atoms with Gasteiger partial charge in [0.1, 0.15) is 0 Å². The number of nitrogens with two attached hydrogens (primary N) is 1. The third kappa shape index (κ3) is 3.43. The Kier molecular flexibility index (Phi) is 4.74. The molecule has 1 aliphatic rings. The Morgan fingerprint density at radius 3 is 2.84 bits per heavy atom. The van der Waals surface area contributed by atoms with Crippen molar-refractivity contribution in [3.8, 4) is 0 Å². The Hall–Kier alpha value is -1.17. The van der Waals surface area contributed by atoms with Crippen molar-refractivity contribution in [2.75, 3.05) is 0 Å². The van der Waals surface area contributed by atoms with Crippen LogP contribution in [0.25, 0.3) is 0 Å². The van der Waals surface area contributed by atoms with Gasteiger partial charge in [0.05, 0.1) is 28.2 Å². The molecule has 104 valence electrons. The first-order chi connectivity index (χ1) is 9.09. The molecule has 0 bridgehead atoms. The van der Waals surface area contributed by atoms with Crippen LogP contribution in [0.5, 0.6) is 0 Å². The van der Waals surface area contributed by atoms with E-state index in [4.69, 9.17) is 22.1 Å². The second-order valence-electron chi connectivity index (χ2n) is 4.79. The first-order valence-corrected chi connectivity index (χ1v) is 6.76. The van der Waals surface area contributed by atoms with Crippen molar-refractivity contribution >= 4 is 17.3 Å². The molecule has 1 aromatic carbocycles. The summed E-state index contributed by atoms with van der Waals surface area (Å²) in [4.78, 5) is 10.5. The summed E-state index contributed by atoms with van der Waals surface area (Å²) < 4.78 is 5.74. The second kappa shape index (κ2) is 6.32. The van der Waals surface area contributed by atoms with Crippen LogP contribution in [-0.2, 0) is 11.3 Å². The fourth-order valence-corrected chi connectivity index (χ4v) is 2.61. The number of hydrogen-bond acceptors (Lipinski definition) is 4. The predicted octanol–water partition coefficient (Wildman–Crippen LogP) is 3.03. The number of nitro benzene ring substituents is 1. The van der Waals surface area contributed by atoms with E-state index in [-0.39, 0.29) is 24.4 Å². The molecule has 0 aromatic heterocycles. The Balaban J connectivity index is 2.08. The van der Waals surface area contributed by atoms with Crippen LogP contribution in [-0.4, -0.2) is 17.1 Å². The van der Waals surface area contributed by atoms with Crippen LogP contribution < -0.4 is 5.73 Å². The summed E-state index contributed by atoms with van der Waals surface area (Å²) in [5.74, 6) is 0. The van der Waals surface area contributed by atoms with E-state index < -0.39 is 4.92 Å². The first kappa shape index (κ1) is 14.2. The second-order valence-corrected chi connectivity index (χ2v) is 5.20. The van der Waals surface area contributed by atoms with Gasteiger partial charge in [-0.15, -0.1) is 0 Å². The van der Waals surface area contributed by atoms with E-state index in [1.165, 1.54) is 6.07 Å². The van der Waals surface area contributed by atoms with E-state index >= 15 is 0 Å². The van der Waals surface area contributed by atoms with Crippen LogP contribution in [0.4, 0.5) is 5.69 Å².